The molecule has 0 saturated heterocycles. The van der Waals surface area contributed by atoms with Gasteiger partial charge in [-0.15, -0.1) is 0 Å². The summed E-state index contributed by atoms with van der Waals surface area (Å²) in [5.74, 6) is 0.0888. The van der Waals surface area contributed by atoms with Crippen molar-refractivity contribution >= 4 is 15.7 Å². The van der Waals surface area contributed by atoms with Gasteiger partial charge in [-0.1, -0.05) is 12.1 Å². The summed E-state index contributed by atoms with van der Waals surface area (Å²) >= 11 is 0. The van der Waals surface area contributed by atoms with Crippen LogP contribution in [0.2, 0.25) is 0 Å². The second-order valence-electron chi connectivity index (χ2n) is 4.79. The number of sulfonamides is 1. The van der Waals surface area contributed by atoms with Crippen molar-refractivity contribution in [3.8, 4) is 5.75 Å². The quantitative estimate of drug-likeness (QED) is 0.904. The summed E-state index contributed by atoms with van der Waals surface area (Å²) in [6, 6.07) is 11.2. The molecule has 3 N–H and O–H groups in total. The Morgan fingerprint density at radius 2 is 1.76 bits per heavy atom. The third-order valence-corrected chi connectivity index (χ3v) is 5.27. The maximum Gasteiger partial charge on any atom is 0.264 e. The minimum atomic E-state index is -3.67. The van der Waals surface area contributed by atoms with Gasteiger partial charge in [-0.25, -0.2) is 8.42 Å². The van der Waals surface area contributed by atoms with E-state index in [0.717, 1.165) is 5.56 Å². The first-order chi connectivity index (χ1) is 9.86. The van der Waals surface area contributed by atoms with Gasteiger partial charge in [-0.2, -0.15) is 0 Å². The Morgan fingerprint density at radius 1 is 1.14 bits per heavy atom. The molecule has 2 rings (SSSR count). The van der Waals surface area contributed by atoms with Crippen molar-refractivity contribution < 1.29 is 13.5 Å². The predicted octanol–water partition coefficient (Wildman–Crippen LogP) is 1.98. The van der Waals surface area contributed by atoms with E-state index < -0.39 is 10.0 Å². The molecule has 0 fully saturated rings. The molecule has 5 nitrogen and oxygen atoms in total. The molecule has 0 saturated carbocycles. The highest BCUT2D eigenvalue weighted by molar-refractivity contribution is 7.92. The van der Waals surface area contributed by atoms with Crippen LogP contribution in [0.15, 0.2) is 47.4 Å². The molecule has 0 aliphatic carbocycles. The van der Waals surface area contributed by atoms with E-state index in [1.165, 1.54) is 23.5 Å². The number of hydrogen-bond acceptors (Lipinski definition) is 4. The Labute approximate surface area is 124 Å². The molecule has 0 heterocycles. The number of nitrogens with two attached hydrogens (primary N) is 1. The molecule has 0 bridgehead atoms. The van der Waals surface area contributed by atoms with Gasteiger partial charge in [0.2, 0.25) is 0 Å². The number of phenols is 1. The molecule has 2 aromatic carbocycles. The summed E-state index contributed by atoms with van der Waals surface area (Å²) < 4.78 is 26.6. The molecule has 0 aromatic heterocycles. The van der Waals surface area contributed by atoms with Gasteiger partial charge in [0.1, 0.15) is 5.75 Å². The maximum absolute atomic E-state index is 12.7. The molecule has 2 aromatic rings. The second kappa shape index (κ2) is 5.75. The van der Waals surface area contributed by atoms with Gasteiger partial charge >= 0.3 is 0 Å². The zero-order valence-electron chi connectivity index (χ0n) is 11.9. The van der Waals surface area contributed by atoms with E-state index in [-0.39, 0.29) is 17.2 Å². The van der Waals surface area contributed by atoms with Crippen LogP contribution in [0.1, 0.15) is 11.1 Å². The third kappa shape index (κ3) is 3.01. The molecule has 0 radical (unpaired) electrons. The van der Waals surface area contributed by atoms with Gasteiger partial charge < -0.3 is 10.8 Å². The van der Waals surface area contributed by atoms with Crippen molar-refractivity contribution in [1.82, 2.24) is 0 Å². The first kappa shape index (κ1) is 15.3. The Hall–Kier alpha value is -2.05. The van der Waals surface area contributed by atoms with Crippen LogP contribution in [0.5, 0.6) is 5.75 Å². The molecule has 0 atom stereocenters. The number of rotatable bonds is 4. The van der Waals surface area contributed by atoms with Crippen molar-refractivity contribution in [2.45, 2.75) is 18.4 Å². The summed E-state index contributed by atoms with van der Waals surface area (Å²) in [7, 11) is -2.19. The third-order valence-electron chi connectivity index (χ3n) is 3.34. The van der Waals surface area contributed by atoms with Gasteiger partial charge in [-0.3, -0.25) is 4.31 Å². The zero-order valence-corrected chi connectivity index (χ0v) is 12.8. The van der Waals surface area contributed by atoms with Crippen LogP contribution in [-0.2, 0) is 16.6 Å². The zero-order chi connectivity index (χ0) is 15.6. The monoisotopic (exact) mass is 306 g/mol. The lowest BCUT2D eigenvalue weighted by atomic mass is 10.1. The highest BCUT2D eigenvalue weighted by Gasteiger charge is 2.23. The van der Waals surface area contributed by atoms with Crippen LogP contribution in [0.25, 0.3) is 0 Å². The molecule has 0 unspecified atom stereocenters. The van der Waals surface area contributed by atoms with Gasteiger partial charge in [0.15, 0.2) is 0 Å². The van der Waals surface area contributed by atoms with E-state index >= 15 is 0 Å². The minimum absolute atomic E-state index is 0.0888. The summed E-state index contributed by atoms with van der Waals surface area (Å²) in [6.07, 6.45) is 0. The summed E-state index contributed by atoms with van der Waals surface area (Å²) in [6.45, 7) is 2.03. The molecular weight excluding hydrogens is 288 g/mol. The fourth-order valence-corrected chi connectivity index (χ4v) is 3.47. The molecular formula is C15H18N2O3S. The van der Waals surface area contributed by atoms with Gasteiger partial charge in [-0.05, 0) is 48.4 Å². The molecule has 112 valence electrons. The van der Waals surface area contributed by atoms with Gasteiger partial charge in [0.25, 0.3) is 10.0 Å². The fraction of sp³-hybridized carbons (Fsp3) is 0.200. The van der Waals surface area contributed by atoms with E-state index in [4.69, 9.17) is 5.73 Å². The van der Waals surface area contributed by atoms with E-state index in [0.29, 0.717) is 11.3 Å². The van der Waals surface area contributed by atoms with Crippen molar-refractivity contribution in [3.63, 3.8) is 0 Å². The SMILES string of the molecule is Cc1ccc(CN)cc1S(=O)(=O)N(C)c1ccc(O)cc1. The second-order valence-corrected chi connectivity index (χ2v) is 6.73. The van der Waals surface area contributed by atoms with Crippen molar-refractivity contribution in [2.24, 2.45) is 5.73 Å². The van der Waals surface area contributed by atoms with Crippen LogP contribution in [0, 0.1) is 6.92 Å². The lowest BCUT2D eigenvalue weighted by molar-refractivity contribution is 0.475. The van der Waals surface area contributed by atoms with Crippen LogP contribution in [-0.4, -0.2) is 20.6 Å². The summed E-state index contributed by atoms with van der Waals surface area (Å²) in [5.41, 5.74) is 7.48. The fourth-order valence-electron chi connectivity index (χ4n) is 2.00. The molecule has 0 aliphatic rings. The normalized spacial score (nSPS) is 11.4. The Kier molecular flexibility index (Phi) is 4.20. The van der Waals surface area contributed by atoms with E-state index in [2.05, 4.69) is 0 Å². The number of hydrogen-bond donors (Lipinski definition) is 2. The van der Waals surface area contributed by atoms with Crippen LogP contribution in [0.3, 0.4) is 0 Å². The average Bonchev–Trinajstić information content (AvgIpc) is 2.47. The average molecular weight is 306 g/mol. The van der Waals surface area contributed by atoms with Gasteiger partial charge in [0, 0.05) is 13.6 Å². The minimum Gasteiger partial charge on any atom is -0.508 e. The standard InChI is InChI=1S/C15H18N2O3S/c1-11-3-4-12(10-16)9-15(11)21(19,20)17(2)13-5-7-14(18)8-6-13/h3-9,18H,10,16H2,1-2H3. The first-order valence-electron chi connectivity index (χ1n) is 6.44. The number of nitrogens with zero attached hydrogens (tertiary/aromatic N) is 1. The van der Waals surface area contributed by atoms with Crippen LogP contribution in [0.4, 0.5) is 5.69 Å². The Morgan fingerprint density at radius 3 is 2.33 bits per heavy atom. The highest BCUT2D eigenvalue weighted by Crippen LogP contribution is 2.26. The molecule has 6 heteroatoms. The number of benzene rings is 2. The van der Waals surface area contributed by atoms with Crippen molar-refractivity contribution in [3.05, 3.63) is 53.6 Å². The highest BCUT2D eigenvalue weighted by atomic mass is 32.2. The Bertz CT molecular complexity index is 740. The molecule has 0 spiro atoms. The van der Waals surface area contributed by atoms with Gasteiger partial charge in [0.05, 0.1) is 10.6 Å². The number of aromatic hydroxyl groups is 1. The molecule has 0 amide bonds. The van der Waals surface area contributed by atoms with E-state index in [9.17, 15) is 13.5 Å². The number of phenolic OH excluding ortho intramolecular Hbond substituents is 1. The van der Waals surface area contributed by atoms with Crippen LogP contribution >= 0.6 is 0 Å². The Balaban J connectivity index is 2.48. The summed E-state index contributed by atoms with van der Waals surface area (Å²) in [4.78, 5) is 0.237. The topological polar surface area (TPSA) is 83.6 Å². The first-order valence-corrected chi connectivity index (χ1v) is 7.88. The smallest absolute Gasteiger partial charge is 0.264 e. The lowest BCUT2D eigenvalue weighted by Gasteiger charge is -2.21. The number of aryl methyl sites for hydroxylation is 1. The summed E-state index contributed by atoms with van der Waals surface area (Å²) in [5, 5.41) is 9.29. The molecule has 0 aliphatic heterocycles. The number of anilines is 1. The van der Waals surface area contributed by atoms with E-state index in [1.807, 2.05) is 6.07 Å². The predicted molar refractivity (Wildman–Crippen MR) is 82.8 cm³/mol. The van der Waals surface area contributed by atoms with Crippen molar-refractivity contribution in [1.29, 1.82) is 0 Å². The maximum atomic E-state index is 12.7. The molecule has 21 heavy (non-hydrogen) atoms. The largest absolute Gasteiger partial charge is 0.508 e. The van der Waals surface area contributed by atoms with Crippen LogP contribution < -0.4 is 10.0 Å². The van der Waals surface area contributed by atoms with E-state index in [1.54, 1.807) is 31.2 Å². The lowest BCUT2D eigenvalue weighted by Crippen LogP contribution is -2.27. The van der Waals surface area contributed by atoms with Crippen molar-refractivity contribution in [2.75, 3.05) is 11.4 Å².